The number of anilines is 1. The molecule has 53 heavy (non-hydrogen) atoms. The molecule has 6 rings (SSSR count). The fraction of sp³-hybridized carbons (Fsp3) is 0.325. The van der Waals surface area contributed by atoms with Gasteiger partial charge in [-0.3, -0.25) is 9.59 Å². The molecule has 0 unspecified atom stereocenters. The van der Waals surface area contributed by atoms with Crippen molar-refractivity contribution < 1.29 is 40.3 Å². The molecule has 4 aromatic rings. The predicted octanol–water partition coefficient (Wildman–Crippen LogP) is 8.28. The summed E-state index contributed by atoms with van der Waals surface area (Å²) in [6, 6.07) is 18.6. The fourth-order valence-electron chi connectivity index (χ4n) is 6.23. The van der Waals surface area contributed by atoms with Gasteiger partial charge in [0.2, 0.25) is 15.9 Å². The number of ether oxygens (including phenoxy) is 1. The molecule has 1 amide bonds. The van der Waals surface area contributed by atoms with E-state index < -0.39 is 63.3 Å². The number of carbonyl (C=O) groups is 2. The van der Waals surface area contributed by atoms with Crippen LogP contribution in [0.2, 0.25) is 0 Å². The lowest BCUT2D eigenvalue weighted by molar-refractivity contribution is -0.119. The average molecular weight is 748 g/mol. The first kappa shape index (κ1) is 37.7. The van der Waals surface area contributed by atoms with Crippen LogP contribution >= 0.6 is 0 Å². The smallest absolute Gasteiger partial charge is 0.246 e. The quantitative estimate of drug-likeness (QED) is 0.0556. The number of benzene rings is 4. The Morgan fingerprint density at radius 2 is 1.51 bits per heavy atom. The Hall–Kier alpha value is -5.06. The van der Waals surface area contributed by atoms with Gasteiger partial charge in [0.1, 0.15) is 10.6 Å². The Morgan fingerprint density at radius 1 is 0.868 bits per heavy atom. The first-order chi connectivity index (χ1) is 25.2. The molecule has 276 valence electrons. The number of Topliss-reactive ketones (excluding diaryl/α,β-unsaturated/α-hetero) is 1. The van der Waals surface area contributed by atoms with Gasteiger partial charge in [0.05, 0.1) is 36.5 Å². The third kappa shape index (κ3) is 8.29. The van der Waals surface area contributed by atoms with E-state index in [1.807, 2.05) is 18.2 Å². The highest BCUT2D eigenvalue weighted by atomic mass is 32.2. The molecule has 0 heterocycles. The van der Waals surface area contributed by atoms with Crippen molar-refractivity contribution in [2.45, 2.75) is 82.4 Å². The Kier molecular flexibility index (Phi) is 10.8. The van der Waals surface area contributed by atoms with E-state index in [1.54, 1.807) is 13.8 Å². The minimum Gasteiger partial charge on any atom is -0.489 e. The summed E-state index contributed by atoms with van der Waals surface area (Å²) in [6.07, 6.45) is 3.74. The van der Waals surface area contributed by atoms with Gasteiger partial charge in [-0.1, -0.05) is 36.4 Å². The minimum atomic E-state index is -5.29. The van der Waals surface area contributed by atoms with Crippen molar-refractivity contribution in [2.75, 3.05) is 11.4 Å². The Balaban J connectivity index is 1.48. The summed E-state index contributed by atoms with van der Waals surface area (Å²) in [7, 11) is -5.29. The highest BCUT2D eigenvalue weighted by Crippen LogP contribution is 2.46. The number of hydrogen-bond donors (Lipinski definition) is 0. The maximum atomic E-state index is 15.1. The molecular weight excluding hydrogens is 711 g/mol. The van der Waals surface area contributed by atoms with E-state index in [0.717, 1.165) is 42.4 Å². The number of nitrogens with zero attached hydrogens (tertiary/aromatic N) is 3. The van der Waals surface area contributed by atoms with E-state index in [2.05, 4.69) is 6.07 Å². The van der Waals surface area contributed by atoms with Gasteiger partial charge in [-0.25, -0.2) is 26.0 Å². The number of nitriles is 1. The zero-order chi connectivity index (χ0) is 38.2. The average Bonchev–Trinajstić information content (AvgIpc) is 4.05. The molecule has 0 radical (unpaired) electrons. The summed E-state index contributed by atoms with van der Waals surface area (Å²) in [5.41, 5.74) is 3.68. The highest BCUT2D eigenvalue weighted by molar-refractivity contribution is 7.89. The first-order valence-electron chi connectivity index (χ1n) is 17.2. The van der Waals surface area contributed by atoms with Crippen LogP contribution in [0.15, 0.2) is 71.6 Å². The standard InChI is InChI=1S/C40H37F4N3O5S/c1-23(2)52-35-17-28(24(3)48)12-13-34(35)47(20-25-14-31(26-8-9-26)16-32(15-25)27-10-11-27)37(49)22-46(21-30-7-5-4-6-29(30)19-45)53(50,51)36-18-33(41)38(42)40(44)39(36)43/h4-7,12-18,23,26-27H,8-11,20-22H2,1-3H3. The lowest BCUT2D eigenvalue weighted by Crippen LogP contribution is -2.43. The molecule has 0 bridgehead atoms. The normalized spacial score (nSPS) is 14.3. The van der Waals surface area contributed by atoms with Crippen LogP contribution in [0.4, 0.5) is 23.2 Å². The van der Waals surface area contributed by atoms with Crippen molar-refractivity contribution in [1.29, 1.82) is 5.26 Å². The Labute approximate surface area is 305 Å². The molecule has 2 saturated carbocycles. The van der Waals surface area contributed by atoms with E-state index in [4.69, 9.17) is 4.74 Å². The summed E-state index contributed by atoms with van der Waals surface area (Å²) in [6.45, 7) is 3.14. The SMILES string of the molecule is CC(=O)c1ccc(N(Cc2cc(C3CC3)cc(C3CC3)c2)C(=O)CN(Cc2ccccc2C#N)S(=O)(=O)c2cc(F)c(F)c(F)c2F)c(OC(C)C)c1. The maximum Gasteiger partial charge on any atom is 0.246 e. The third-order valence-corrected chi connectivity index (χ3v) is 11.1. The number of halogens is 4. The number of sulfonamides is 1. The minimum absolute atomic E-state index is 0.0202. The molecule has 2 aliphatic rings. The zero-order valence-electron chi connectivity index (χ0n) is 29.3. The van der Waals surface area contributed by atoms with Crippen LogP contribution in [-0.2, 0) is 27.9 Å². The van der Waals surface area contributed by atoms with Gasteiger partial charge >= 0.3 is 0 Å². The summed E-state index contributed by atoms with van der Waals surface area (Å²) in [5, 5.41) is 9.75. The topological polar surface area (TPSA) is 108 Å². The molecule has 0 saturated heterocycles. The van der Waals surface area contributed by atoms with Gasteiger partial charge in [-0.05, 0) is 105 Å². The van der Waals surface area contributed by atoms with Crippen molar-refractivity contribution in [3.63, 3.8) is 0 Å². The van der Waals surface area contributed by atoms with Crippen LogP contribution < -0.4 is 9.64 Å². The van der Waals surface area contributed by atoms with E-state index in [9.17, 15) is 36.4 Å². The molecule has 0 aliphatic heterocycles. The van der Waals surface area contributed by atoms with Crippen LogP contribution in [-0.4, -0.2) is 37.1 Å². The van der Waals surface area contributed by atoms with Crippen molar-refractivity contribution in [3.05, 3.63) is 123 Å². The first-order valence-corrected chi connectivity index (χ1v) is 18.7. The number of amides is 1. The van der Waals surface area contributed by atoms with Crippen LogP contribution in [0.25, 0.3) is 0 Å². The summed E-state index contributed by atoms with van der Waals surface area (Å²) in [4.78, 5) is 26.9. The zero-order valence-corrected chi connectivity index (χ0v) is 30.2. The summed E-state index contributed by atoms with van der Waals surface area (Å²) >= 11 is 0. The molecule has 8 nitrogen and oxygen atoms in total. The summed E-state index contributed by atoms with van der Waals surface area (Å²) in [5.74, 6) is -8.81. The lowest BCUT2D eigenvalue weighted by Gasteiger charge is -2.30. The summed E-state index contributed by atoms with van der Waals surface area (Å²) < 4.78 is 92.8. The molecule has 0 spiro atoms. The van der Waals surface area contributed by atoms with Gasteiger partial charge in [-0.15, -0.1) is 0 Å². The number of hydrogen-bond acceptors (Lipinski definition) is 6. The molecule has 13 heteroatoms. The molecule has 4 aromatic carbocycles. The van der Waals surface area contributed by atoms with Crippen molar-refractivity contribution in [2.24, 2.45) is 0 Å². The second-order valence-corrected chi connectivity index (χ2v) is 15.7. The van der Waals surface area contributed by atoms with Crippen LogP contribution in [0.3, 0.4) is 0 Å². The van der Waals surface area contributed by atoms with Gasteiger partial charge < -0.3 is 9.64 Å². The molecule has 0 N–H and O–H groups in total. The van der Waals surface area contributed by atoms with E-state index >= 15 is 4.39 Å². The second kappa shape index (κ2) is 15.1. The van der Waals surface area contributed by atoms with Crippen molar-refractivity contribution in [3.8, 4) is 11.8 Å². The van der Waals surface area contributed by atoms with E-state index in [-0.39, 0.29) is 41.0 Å². The Bertz CT molecular complexity index is 2220. The highest BCUT2D eigenvalue weighted by Gasteiger charge is 2.36. The molecular formula is C40H37F4N3O5S. The number of ketones is 1. The van der Waals surface area contributed by atoms with Crippen LogP contribution in [0.1, 0.15) is 96.5 Å². The lowest BCUT2D eigenvalue weighted by atomic mass is 9.99. The van der Waals surface area contributed by atoms with E-state index in [1.165, 1.54) is 54.3 Å². The maximum absolute atomic E-state index is 15.1. The largest absolute Gasteiger partial charge is 0.489 e. The molecule has 0 aromatic heterocycles. The van der Waals surface area contributed by atoms with Gasteiger partial charge in [0.15, 0.2) is 29.1 Å². The molecule has 2 fully saturated rings. The van der Waals surface area contributed by atoms with Crippen molar-refractivity contribution >= 4 is 27.4 Å². The predicted molar refractivity (Wildman–Crippen MR) is 189 cm³/mol. The van der Waals surface area contributed by atoms with Gasteiger partial charge in [-0.2, -0.15) is 9.57 Å². The van der Waals surface area contributed by atoms with Gasteiger partial charge in [0, 0.05) is 18.2 Å². The third-order valence-electron chi connectivity index (χ3n) is 9.28. The fourth-order valence-corrected chi connectivity index (χ4v) is 7.67. The molecule has 0 atom stereocenters. The number of carbonyl (C=O) groups excluding carboxylic acids is 2. The van der Waals surface area contributed by atoms with Crippen LogP contribution in [0.5, 0.6) is 5.75 Å². The Morgan fingerprint density at radius 3 is 2.09 bits per heavy atom. The monoisotopic (exact) mass is 747 g/mol. The van der Waals surface area contributed by atoms with E-state index in [0.29, 0.717) is 21.7 Å². The van der Waals surface area contributed by atoms with Crippen molar-refractivity contribution in [1.82, 2.24) is 4.31 Å². The van der Waals surface area contributed by atoms with Gasteiger partial charge in [0.25, 0.3) is 0 Å². The second-order valence-electron chi connectivity index (χ2n) is 13.8. The number of rotatable bonds is 14. The molecule has 2 aliphatic carbocycles. The van der Waals surface area contributed by atoms with Crippen LogP contribution in [0, 0.1) is 34.6 Å².